The minimum atomic E-state index is -1.26. The molecular formula is C23H21Cl2N3O7. The molecule has 1 fully saturated rings. The number of aromatic nitrogens is 3. The van der Waals surface area contributed by atoms with Crippen LogP contribution in [-0.4, -0.2) is 49.6 Å². The van der Waals surface area contributed by atoms with Crippen molar-refractivity contribution in [3.63, 3.8) is 0 Å². The number of carbonyl (C=O) groups is 2. The van der Waals surface area contributed by atoms with Gasteiger partial charge in [-0.05, 0) is 49.4 Å². The number of carboxylic acids is 2. The molecule has 0 amide bonds. The summed E-state index contributed by atoms with van der Waals surface area (Å²) in [5.74, 6) is -2.27. The molecule has 2 N–H and O–H groups in total. The van der Waals surface area contributed by atoms with Crippen LogP contribution in [0, 0.1) is 0 Å². The highest BCUT2D eigenvalue weighted by Gasteiger charge is 2.44. The van der Waals surface area contributed by atoms with Gasteiger partial charge in [-0.3, -0.25) is 0 Å². The zero-order valence-corrected chi connectivity index (χ0v) is 19.9. The molecule has 0 bridgehead atoms. The van der Waals surface area contributed by atoms with Crippen LogP contribution >= 0.6 is 23.2 Å². The topological polar surface area (TPSA) is 133 Å². The van der Waals surface area contributed by atoms with Crippen molar-refractivity contribution in [3.8, 4) is 11.5 Å². The summed E-state index contributed by atoms with van der Waals surface area (Å²) in [4.78, 5) is 23.1. The van der Waals surface area contributed by atoms with E-state index in [-0.39, 0.29) is 6.10 Å². The highest BCUT2D eigenvalue weighted by atomic mass is 35.5. The van der Waals surface area contributed by atoms with Gasteiger partial charge in [0.15, 0.2) is 0 Å². The maximum atomic E-state index is 9.55. The third kappa shape index (κ3) is 7.52. The maximum Gasteiger partial charge on any atom is 0.328 e. The van der Waals surface area contributed by atoms with E-state index in [9.17, 15) is 9.59 Å². The predicted octanol–water partition coefficient (Wildman–Crippen LogP) is 4.38. The van der Waals surface area contributed by atoms with Crippen molar-refractivity contribution in [1.82, 2.24) is 14.8 Å². The number of halogens is 2. The second kappa shape index (κ2) is 11.8. The van der Waals surface area contributed by atoms with E-state index in [2.05, 4.69) is 10.1 Å². The molecule has 1 aliphatic rings. The number of hydrogen-bond acceptors (Lipinski definition) is 7. The molecule has 1 aromatic heterocycles. The molecule has 184 valence electrons. The van der Waals surface area contributed by atoms with Crippen molar-refractivity contribution in [1.29, 1.82) is 0 Å². The van der Waals surface area contributed by atoms with Gasteiger partial charge in [-0.2, -0.15) is 5.10 Å². The fraction of sp³-hybridized carbons (Fsp3) is 0.217. The summed E-state index contributed by atoms with van der Waals surface area (Å²) < 4.78 is 19.6. The fourth-order valence-corrected chi connectivity index (χ4v) is 3.57. The first-order chi connectivity index (χ1) is 16.7. The Hall–Kier alpha value is -3.44. The number of benzene rings is 2. The van der Waals surface area contributed by atoms with Gasteiger partial charge in [-0.15, -0.1) is 0 Å². The molecule has 4 rings (SSSR count). The molecule has 0 aliphatic carbocycles. The SMILES string of the molecule is C[C@H]1CO[C@](Cn2cncn2)(c2ccc(Oc3ccc(Cl)cc3)cc2Cl)O1.O=C(O)/C=C\C(=O)O. The van der Waals surface area contributed by atoms with E-state index in [1.54, 1.807) is 41.3 Å². The number of carboxylic acid groups (broad SMARTS) is 2. The van der Waals surface area contributed by atoms with E-state index in [0.29, 0.717) is 52.4 Å². The predicted molar refractivity (Wildman–Crippen MR) is 126 cm³/mol. The van der Waals surface area contributed by atoms with Gasteiger partial charge in [0.1, 0.15) is 30.7 Å². The average molecular weight is 522 g/mol. The maximum absolute atomic E-state index is 9.55. The van der Waals surface area contributed by atoms with Crippen LogP contribution in [0.1, 0.15) is 12.5 Å². The molecule has 10 nitrogen and oxygen atoms in total. The Morgan fingerprint density at radius 1 is 1.14 bits per heavy atom. The van der Waals surface area contributed by atoms with Crippen molar-refractivity contribution in [2.45, 2.75) is 25.4 Å². The minimum Gasteiger partial charge on any atom is -0.478 e. The molecule has 1 aliphatic heterocycles. The quantitative estimate of drug-likeness (QED) is 0.434. The van der Waals surface area contributed by atoms with Crippen LogP contribution in [0.2, 0.25) is 10.0 Å². The van der Waals surface area contributed by atoms with Crippen LogP contribution in [0.3, 0.4) is 0 Å². The first-order valence-corrected chi connectivity index (χ1v) is 10.9. The highest BCUT2D eigenvalue weighted by Crippen LogP contribution is 2.41. The molecule has 12 heteroatoms. The van der Waals surface area contributed by atoms with E-state index in [1.807, 2.05) is 19.1 Å². The molecule has 2 heterocycles. The fourth-order valence-electron chi connectivity index (χ4n) is 3.13. The van der Waals surface area contributed by atoms with Crippen LogP contribution in [0.25, 0.3) is 0 Å². The van der Waals surface area contributed by atoms with Gasteiger partial charge in [0, 0.05) is 22.7 Å². The van der Waals surface area contributed by atoms with Crippen LogP contribution in [0.4, 0.5) is 0 Å². The Kier molecular flexibility index (Phi) is 8.83. The van der Waals surface area contributed by atoms with Crippen LogP contribution in [0.5, 0.6) is 11.5 Å². The van der Waals surface area contributed by atoms with Gasteiger partial charge >= 0.3 is 11.9 Å². The third-order valence-corrected chi connectivity index (χ3v) is 5.11. The van der Waals surface area contributed by atoms with Gasteiger partial charge in [0.05, 0.1) is 17.7 Å². The van der Waals surface area contributed by atoms with Crippen LogP contribution in [0.15, 0.2) is 67.3 Å². The Morgan fingerprint density at radius 3 is 2.31 bits per heavy atom. The van der Waals surface area contributed by atoms with Crippen molar-refractivity contribution >= 4 is 35.1 Å². The number of aliphatic carboxylic acids is 2. The lowest BCUT2D eigenvalue weighted by Gasteiger charge is -2.29. The summed E-state index contributed by atoms with van der Waals surface area (Å²) in [5.41, 5.74) is 0.715. The standard InChI is InChI=1S/C19H17Cl2N3O3.C4H4O4/c1-13-9-25-19(27-13,10-24-12-22-11-23-24)17-7-6-16(8-18(17)21)26-15-4-2-14(20)3-5-15;5-3(6)1-2-4(7)8/h2-8,11-13H,9-10H2,1H3;1-2H,(H,5,6)(H,7,8)/b;2-1-/t13-,19-;/m0./s1. The molecule has 2 aromatic carbocycles. The summed E-state index contributed by atoms with van der Waals surface area (Å²) >= 11 is 12.5. The Bertz CT molecular complexity index is 1170. The molecule has 35 heavy (non-hydrogen) atoms. The summed E-state index contributed by atoms with van der Waals surface area (Å²) in [6, 6.07) is 12.5. The van der Waals surface area contributed by atoms with E-state index in [1.165, 1.54) is 6.33 Å². The molecule has 0 radical (unpaired) electrons. The lowest BCUT2D eigenvalue weighted by molar-refractivity contribution is -0.186. The van der Waals surface area contributed by atoms with Crippen molar-refractivity contribution in [2.75, 3.05) is 6.61 Å². The summed E-state index contributed by atoms with van der Waals surface area (Å²) in [6.45, 7) is 2.76. The molecule has 3 aromatic rings. The second-order valence-corrected chi connectivity index (χ2v) is 8.14. The zero-order valence-electron chi connectivity index (χ0n) is 18.4. The lowest BCUT2D eigenvalue weighted by Crippen LogP contribution is -2.34. The monoisotopic (exact) mass is 521 g/mol. The van der Waals surface area contributed by atoms with E-state index in [4.69, 9.17) is 47.6 Å². The zero-order chi connectivity index (χ0) is 25.4. The van der Waals surface area contributed by atoms with Crippen molar-refractivity contribution < 1.29 is 34.0 Å². The third-order valence-electron chi connectivity index (χ3n) is 4.55. The summed E-state index contributed by atoms with van der Waals surface area (Å²) in [5, 5.41) is 20.9. The first kappa shape index (κ1) is 26.2. The van der Waals surface area contributed by atoms with Gasteiger partial charge in [-0.25, -0.2) is 19.3 Å². The molecular weight excluding hydrogens is 501 g/mol. The van der Waals surface area contributed by atoms with E-state index in [0.717, 1.165) is 0 Å². The number of rotatable bonds is 7. The van der Waals surface area contributed by atoms with Gasteiger partial charge in [0.25, 0.3) is 0 Å². The van der Waals surface area contributed by atoms with Gasteiger partial charge in [-0.1, -0.05) is 23.2 Å². The number of ether oxygens (including phenoxy) is 3. The largest absolute Gasteiger partial charge is 0.478 e. The van der Waals surface area contributed by atoms with Crippen LogP contribution < -0.4 is 4.74 Å². The molecule has 2 atom stereocenters. The molecule has 0 spiro atoms. The average Bonchev–Trinajstić information content (AvgIpc) is 3.44. The van der Waals surface area contributed by atoms with E-state index < -0.39 is 17.7 Å². The molecule has 0 saturated carbocycles. The first-order valence-electron chi connectivity index (χ1n) is 10.2. The molecule has 1 saturated heterocycles. The minimum absolute atomic E-state index is 0.0606. The van der Waals surface area contributed by atoms with Gasteiger partial charge < -0.3 is 24.4 Å². The number of hydrogen-bond donors (Lipinski definition) is 2. The van der Waals surface area contributed by atoms with Crippen LogP contribution in [-0.2, 0) is 31.4 Å². The lowest BCUT2D eigenvalue weighted by atomic mass is 10.1. The normalized spacial score (nSPS) is 19.2. The summed E-state index contributed by atoms with van der Waals surface area (Å²) in [7, 11) is 0. The van der Waals surface area contributed by atoms with Crippen molar-refractivity contribution in [3.05, 3.63) is 82.9 Å². The van der Waals surface area contributed by atoms with Crippen molar-refractivity contribution in [2.24, 2.45) is 0 Å². The van der Waals surface area contributed by atoms with E-state index >= 15 is 0 Å². The Labute approximate surface area is 210 Å². The number of nitrogens with zero attached hydrogens (tertiary/aromatic N) is 3. The highest BCUT2D eigenvalue weighted by molar-refractivity contribution is 6.31. The molecule has 0 unspecified atom stereocenters. The smallest absolute Gasteiger partial charge is 0.328 e. The summed E-state index contributed by atoms with van der Waals surface area (Å²) in [6.07, 6.45) is 4.14. The Morgan fingerprint density at radius 2 is 1.80 bits per heavy atom. The van der Waals surface area contributed by atoms with Gasteiger partial charge in [0.2, 0.25) is 5.79 Å². The second-order valence-electron chi connectivity index (χ2n) is 7.29. The Balaban J connectivity index is 0.000000371.